The van der Waals surface area contributed by atoms with Gasteiger partial charge in [0, 0.05) is 20.3 Å². The summed E-state index contributed by atoms with van der Waals surface area (Å²) in [5, 5.41) is 2.09. The first-order valence-electron chi connectivity index (χ1n) is 6.38. The molecule has 3 aromatic rings. The predicted octanol–water partition coefficient (Wildman–Crippen LogP) is 3.80. The molecule has 0 saturated heterocycles. The highest BCUT2D eigenvalue weighted by Crippen LogP contribution is 2.28. The number of nitrogens with zero attached hydrogens (tertiary/aromatic N) is 2. The van der Waals surface area contributed by atoms with Crippen molar-refractivity contribution in [2.75, 3.05) is 13.7 Å². The van der Waals surface area contributed by atoms with Crippen LogP contribution in [0.3, 0.4) is 0 Å². The Hall–Kier alpha value is -1.65. The van der Waals surface area contributed by atoms with Crippen molar-refractivity contribution in [1.82, 2.24) is 9.55 Å². The number of benzene rings is 1. The first-order valence-corrected chi connectivity index (χ1v) is 7.26. The minimum Gasteiger partial charge on any atom is -0.385 e. The summed E-state index contributed by atoms with van der Waals surface area (Å²) >= 11 is 1.73. The zero-order valence-electron chi connectivity index (χ0n) is 10.9. The van der Waals surface area contributed by atoms with Crippen LogP contribution < -0.4 is 0 Å². The molecule has 4 heteroatoms. The van der Waals surface area contributed by atoms with E-state index in [1.54, 1.807) is 18.4 Å². The topological polar surface area (TPSA) is 27.1 Å². The molecule has 0 bridgehead atoms. The summed E-state index contributed by atoms with van der Waals surface area (Å²) in [6.07, 6.45) is 0.995. The summed E-state index contributed by atoms with van der Waals surface area (Å²) in [7, 11) is 1.74. The van der Waals surface area contributed by atoms with Gasteiger partial charge in [0.1, 0.15) is 0 Å². The summed E-state index contributed by atoms with van der Waals surface area (Å²) in [6.45, 7) is 1.71. The van der Waals surface area contributed by atoms with E-state index in [2.05, 4.69) is 40.3 Å². The lowest BCUT2D eigenvalue weighted by molar-refractivity contribution is 0.191. The highest BCUT2D eigenvalue weighted by Gasteiger charge is 2.12. The fraction of sp³-hybridized carbons (Fsp3) is 0.267. The van der Waals surface area contributed by atoms with Crippen molar-refractivity contribution in [3.05, 3.63) is 41.8 Å². The molecule has 2 aromatic heterocycles. The van der Waals surface area contributed by atoms with Crippen LogP contribution in [0, 0.1) is 0 Å². The maximum absolute atomic E-state index is 5.15. The number of methoxy groups -OCH3 is 1. The van der Waals surface area contributed by atoms with Gasteiger partial charge < -0.3 is 9.30 Å². The number of aryl methyl sites for hydroxylation is 1. The van der Waals surface area contributed by atoms with Gasteiger partial charge in [-0.15, -0.1) is 11.3 Å². The van der Waals surface area contributed by atoms with Gasteiger partial charge in [-0.25, -0.2) is 4.98 Å². The summed E-state index contributed by atoms with van der Waals surface area (Å²) < 4.78 is 7.44. The normalized spacial score (nSPS) is 11.2. The van der Waals surface area contributed by atoms with Gasteiger partial charge in [-0.05, 0) is 30.0 Å². The molecule has 0 radical (unpaired) electrons. The lowest BCUT2D eigenvalue weighted by Crippen LogP contribution is -2.02. The second kappa shape index (κ2) is 5.55. The van der Waals surface area contributed by atoms with Gasteiger partial charge in [0.15, 0.2) is 5.82 Å². The molecule has 19 heavy (non-hydrogen) atoms. The molecular weight excluding hydrogens is 256 g/mol. The molecule has 0 saturated carbocycles. The van der Waals surface area contributed by atoms with Crippen LogP contribution in [0.25, 0.3) is 21.7 Å². The van der Waals surface area contributed by atoms with Crippen molar-refractivity contribution >= 4 is 22.4 Å². The third kappa shape index (κ3) is 2.41. The van der Waals surface area contributed by atoms with E-state index in [0.717, 1.165) is 30.9 Å². The van der Waals surface area contributed by atoms with Crippen LogP contribution in [-0.4, -0.2) is 23.3 Å². The number of ether oxygens (including phenoxy) is 1. The molecule has 0 amide bonds. The third-order valence-electron chi connectivity index (χ3n) is 3.13. The molecule has 0 aliphatic carbocycles. The summed E-state index contributed by atoms with van der Waals surface area (Å²) in [5.41, 5.74) is 2.25. The number of rotatable bonds is 5. The Morgan fingerprint density at radius 3 is 2.89 bits per heavy atom. The molecule has 3 nitrogen and oxygen atoms in total. The van der Waals surface area contributed by atoms with E-state index < -0.39 is 0 Å². The number of thiophene rings is 1. The molecule has 0 atom stereocenters. The maximum Gasteiger partial charge on any atom is 0.151 e. The molecule has 0 fully saturated rings. The quantitative estimate of drug-likeness (QED) is 0.661. The molecular formula is C15H16N2OS. The SMILES string of the molecule is COCCCn1c(-c2cccs2)nc2ccccc21. The lowest BCUT2D eigenvalue weighted by atomic mass is 10.3. The average molecular weight is 272 g/mol. The van der Waals surface area contributed by atoms with Crippen LogP contribution in [0.15, 0.2) is 41.8 Å². The van der Waals surface area contributed by atoms with Crippen LogP contribution in [0.5, 0.6) is 0 Å². The van der Waals surface area contributed by atoms with Crippen LogP contribution in [-0.2, 0) is 11.3 Å². The monoisotopic (exact) mass is 272 g/mol. The van der Waals surface area contributed by atoms with Crippen LogP contribution in [0.2, 0.25) is 0 Å². The summed E-state index contributed by atoms with van der Waals surface area (Å²) in [5.74, 6) is 1.06. The average Bonchev–Trinajstić information content (AvgIpc) is 3.06. The molecule has 98 valence electrons. The van der Waals surface area contributed by atoms with E-state index in [1.807, 2.05) is 6.07 Å². The Morgan fingerprint density at radius 1 is 1.21 bits per heavy atom. The zero-order chi connectivity index (χ0) is 13.1. The molecule has 3 rings (SSSR count). The maximum atomic E-state index is 5.15. The van der Waals surface area contributed by atoms with Gasteiger partial charge in [-0.3, -0.25) is 0 Å². The number of para-hydroxylation sites is 2. The second-order valence-electron chi connectivity index (χ2n) is 4.40. The largest absolute Gasteiger partial charge is 0.385 e. The third-order valence-corrected chi connectivity index (χ3v) is 3.99. The van der Waals surface area contributed by atoms with Crippen molar-refractivity contribution in [1.29, 1.82) is 0 Å². The Balaban J connectivity index is 2.06. The van der Waals surface area contributed by atoms with E-state index in [9.17, 15) is 0 Å². The van der Waals surface area contributed by atoms with Gasteiger partial charge in [0.25, 0.3) is 0 Å². The predicted molar refractivity (Wildman–Crippen MR) is 79.5 cm³/mol. The Kier molecular flexibility index (Phi) is 3.62. The standard InChI is InChI=1S/C15H16N2OS/c1-18-10-5-9-17-13-7-3-2-6-12(13)16-15(17)14-8-4-11-19-14/h2-4,6-8,11H,5,9-10H2,1H3. The van der Waals surface area contributed by atoms with Gasteiger partial charge >= 0.3 is 0 Å². The van der Waals surface area contributed by atoms with Gasteiger partial charge in [0.2, 0.25) is 0 Å². The number of imidazole rings is 1. The van der Waals surface area contributed by atoms with E-state index in [4.69, 9.17) is 9.72 Å². The first kappa shape index (κ1) is 12.4. The van der Waals surface area contributed by atoms with E-state index in [1.165, 1.54) is 10.4 Å². The van der Waals surface area contributed by atoms with Crippen LogP contribution >= 0.6 is 11.3 Å². The van der Waals surface area contributed by atoms with Crippen molar-refractivity contribution in [3.8, 4) is 10.7 Å². The second-order valence-corrected chi connectivity index (χ2v) is 5.35. The number of hydrogen-bond acceptors (Lipinski definition) is 3. The molecule has 0 unspecified atom stereocenters. The zero-order valence-corrected chi connectivity index (χ0v) is 11.7. The van der Waals surface area contributed by atoms with Crippen molar-refractivity contribution in [3.63, 3.8) is 0 Å². The molecule has 1 aromatic carbocycles. The molecule has 0 aliphatic heterocycles. The van der Waals surface area contributed by atoms with Crippen LogP contribution in [0.4, 0.5) is 0 Å². The minimum atomic E-state index is 0.774. The van der Waals surface area contributed by atoms with Crippen molar-refractivity contribution in [2.45, 2.75) is 13.0 Å². The van der Waals surface area contributed by atoms with Gasteiger partial charge in [-0.2, -0.15) is 0 Å². The van der Waals surface area contributed by atoms with Gasteiger partial charge in [0.05, 0.1) is 15.9 Å². The molecule has 0 N–H and O–H groups in total. The first-order chi connectivity index (χ1) is 9.40. The number of hydrogen-bond donors (Lipinski definition) is 0. The number of fused-ring (bicyclic) bond motifs is 1. The van der Waals surface area contributed by atoms with E-state index in [0.29, 0.717) is 0 Å². The Labute approximate surface area is 116 Å². The summed E-state index contributed by atoms with van der Waals surface area (Å²) in [6, 6.07) is 12.5. The molecule has 0 spiro atoms. The number of aromatic nitrogens is 2. The van der Waals surface area contributed by atoms with Crippen molar-refractivity contribution < 1.29 is 4.74 Å². The Bertz CT molecular complexity index is 658. The lowest BCUT2D eigenvalue weighted by Gasteiger charge is -2.07. The van der Waals surface area contributed by atoms with E-state index >= 15 is 0 Å². The minimum absolute atomic E-state index is 0.774. The fourth-order valence-electron chi connectivity index (χ4n) is 2.26. The highest BCUT2D eigenvalue weighted by atomic mass is 32.1. The van der Waals surface area contributed by atoms with E-state index in [-0.39, 0.29) is 0 Å². The summed E-state index contributed by atoms with van der Waals surface area (Å²) in [4.78, 5) is 5.98. The molecule has 0 aliphatic rings. The van der Waals surface area contributed by atoms with Gasteiger partial charge in [-0.1, -0.05) is 18.2 Å². The smallest absolute Gasteiger partial charge is 0.151 e. The Morgan fingerprint density at radius 2 is 2.11 bits per heavy atom. The highest BCUT2D eigenvalue weighted by molar-refractivity contribution is 7.13. The van der Waals surface area contributed by atoms with Crippen LogP contribution in [0.1, 0.15) is 6.42 Å². The fourth-order valence-corrected chi connectivity index (χ4v) is 2.98. The van der Waals surface area contributed by atoms with Crippen molar-refractivity contribution in [2.24, 2.45) is 0 Å². The molecule has 2 heterocycles.